The molecule has 1 heterocycles. The van der Waals surface area contributed by atoms with Gasteiger partial charge in [0, 0.05) is 12.6 Å². The Balaban J connectivity index is 1.94. The molecule has 0 unspecified atom stereocenters. The van der Waals surface area contributed by atoms with Crippen molar-refractivity contribution < 1.29 is 24.2 Å². The van der Waals surface area contributed by atoms with Crippen molar-refractivity contribution in [2.45, 2.75) is 76.9 Å². The number of nitrogens with one attached hydrogen (secondary N) is 3. The van der Waals surface area contributed by atoms with Crippen molar-refractivity contribution in [1.82, 2.24) is 9.97 Å². The van der Waals surface area contributed by atoms with Gasteiger partial charge in [0.1, 0.15) is 5.69 Å². The molecule has 2 aromatic rings. The average Bonchev–Trinajstić information content (AvgIpc) is 3.28. The lowest BCUT2D eigenvalue weighted by atomic mass is 9.75. The molecule has 4 N–H and O–H groups in total. The smallest absolute Gasteiger partial charge is 0.356 e. The molecule has 1 aromatic carbocycles. The van der Waals surface area contributed by atoms with Crippen molar-refractivity contribution in [3.8, 4) is 0 Å². The first-order valence-electron chi connectivity index (χ1n) is 12.2. The van der Waals surface area contributed by atoms with Crippen molar-refractivity contribution in [1.29, 1.82) is 0 Å². The molecule has 1 aromatic heterocycles. The van der Waals surface area contributed by atoms with E-state index in [1.165, 1.54) is 13.3 Å². The van der Waals surface area contributed by atoms with Gasteiger partial charge in [0.15, 0.2) is 0 Å². The second-order valence-electron chi connectivity index (χ2n) is 10.0. The molecule has 35 heavy (non-hydrogen) atoms. The van der Waals surface area contributed by atoms with Crippen molar-refractivity contribution in [3.63, 3.8) is 0 Å². The topological polar surface area (TPSA) is 126 Å². The van der Waals surface area contributed by atoms with Gasteiger partial charge in [-0.2, -0.15) is 0 Å². The van der Waals surface area contributed by atoms with Crippen molar-refractivity contribution in [3.05, 3.63) is 35.7 Å². The summed E-state index contributed by atoms with van der Waals surface area (Å²) in [4.78, 5) is 30.4. The van der Waals surface area contributed by atoms with Crippen LogP contribution in [0.4, 0.5) is 17.3 Å². The highest BCUT2D eigenvalue weighted by molar-refractivity contribution is 5.87. The fraction of sp³-hybridized carbons (Fsp3) is 0.577. The summed E-state index contributed by atoms with van der Waals surface area (Å²) < 4.78 is 10.4. The summed E-state index contributed by atoms with van der Waals surface area (Å²) in [5, 5.41) is 16.4. The maximum atomic E-state index is 11.9. The Kier molecular flexibility index (Phi) is 8.77. The number of carbonyl (C=O) groups excluding carboxylic acids is 1. The van der Waals surface area contributed by atoms with Crippen LogP contribution in [0.1, 0.15) is 81.3 Å². The van der Waals surface area contributed by atoms with E-state index in [-0.39, 0.29) is 29.7 Å². The summed E-state index contributed by atoms with van der Waals surface area (Å²) in [6.07, 6.45) is 6.74. The number of aromatic amines is 1. The number of carboxylic acids is 1. The molecule has 1 aliphatic rings. The minimum absolute atomic E-state index is 0.0369. The van der Waals surface area contributed by atoms with Crippen LogP contribution in [-0.4, -0.2) is 52.9 Å². The van der Waals surface area contributed by atoms with Crippen LogP contribution in [-0.2, 0) is 14.3 Å². The summed E-state index contributed by atoms with van der Waals surface area (Å²) in [5.41, 5.74) is 2.75. The largest absolute Gasteiger partial charge is 0.481 e. The first kappa shape index (κ1) is 26.5. The van der Waals surface area contributed by atoms with Crippen LogP contribution in [0.3, 0.4) is 0 Å². The number of methoxy groups -OCH3 is 2. The van der Waals surface area contributed by atoms with E-state index in [1.807, 2.05) is 25.1 Å². The van der Waals surface area contributed by atoms with Gasteiger partial charge in [-0.3, -0.25) is 4.79 Å². The quantitative estimate of drug-likeness (QED) is 0.315. The number of imidazole rings is 1. The van der Waals surface area contributed by atoms with Crippen molar-refractivity contribution >= 4 is 29.3 Å². The second-order valence-corrected chi connectivity index (χ2v) is 10.0. The van der Waals surface area contributed by atoms with Crippen LogP contribution in [0.15, 0.2) is 24.4 Å². The Morgan fingerprint density at radius 3 is 2.51 bits per heavy atom. The molecule has 0 spiro atoms. The number of H-pyrrole nitrogens is 1. The zero-order chi connectivity index (χ0) is 25.6. The van der Waals surface area contributed by atoms with E-state index in [4.69, 9.17) is 9.47 Å². The standard InChI is InChI=1S/C26H38N4O5/c1-16(2)14-26(10-8-19(34-4)9-11-26)30-20-7-6-18(17(3)12-23(31)32)13-21(20)28-25-27-15-22(29-25)24(33)35-5/h6-7,13,15-17,19,30H,8-12,14H2,1-5H3,(H,31,32)(H2,27,28,29)/t17-,19?,26?/m1/s1. The Bertz CT molecular complexity index is 1010. The summed E-state index contributed by atoms with van der Waals surface area (Å²) in [6.45, 7) is 6.37. The number of ether oxygens (including phenoxy) is 2. The number of benzene rings is 1. The number of aliphatic carboxylic acids is 1. The SMILES string of the molecule is COC(=O)c1cnc(Nc2cc([C@H](C)CC(=O)O)ccc2NC2(CC(C)C)CCC(OC)CC2)[nH]1. The maximum Gasteiger partial charge on any atom is 0.356 e. The molecule has 0 aliphatic heterocycles. The number of carbonyl (C=O) groups is 2. The number of esters is 1. The molecule has 9 heteroatoms. The Morgan fingerprint density at radius 2 is 1.91 bits per heavy atom. The fourth-order valence-corrected chi connectivity index (χ4v) is 5.01. The van der Waals surface area contributed by atoms with Gasteiger partial charge in [0.05, 0.1) is 37.2 Å². The summed E-state index contributed by atoms with van der Waals surface area (Å²) in [7, 11) is 3.09. The lowest BCUT2D eigenvalue weighted by Gasteiger charge is -2.43. The van der Waals surface area contributed by atoms with E-state index in [2.05, 4.69) is 34.4 Å². The minimum atomic E-state index is -0.839. The van der Waals surface area contributed by atoms with Gasteiger partial charge < -0.3 is 30.2 Å². The zero-order valence-corrected chi connectivity index (χ0v) is 21.3. The molecule has 9 nitrogen and oxygen atoms in total. The normalized spacial score (nSPS) is 20.9. The number of carboxylic acid groups (broad SMARTS) is 1. The average molecular weight is 487 g/mol. The number of aromatic nitrogens is 2. The monoisotopic (exact) mass is 486 g/mol. The number of hydrogen-bond acceptors (Lipinski definition) is 7. The number of rotatable bonds is 11. The van der Waals surface area contributed by atoms with Gasteiger partial charge in [-0.15, -0.1) is 0 Å². The van der Waals surface area contributed by atoms with Gasteiger partial charge in [-0.1, -0.05) is 26.8 Å². The third kappa shape index (κ3) is 6.97. The lowest BCUT2D eigenvalue weighted by molar-refractivity contribution is -0.137. The molecule has 1 fully saturated rings. The van der Waals surface area contributed by atoms with Gasteiger partial charge in [0.25, 0.3) is 0 Å². The summed E-state index contributed by atoms with van der Waals surface area (Å²) in [6, 6.07) is 5.94. The molecule has 0 bridgehead atoms. The highest BCUT2D eigenvalue weighted by Crippen LogP contribution is 2.40. The highest BCUT2D eigenvalue weighted by Gasteiger charge is 2.36. The van der Waals surface area contributed by atoms with E-state index >= 15 is 0 Å². The molecule has 0 radical (unpaired) electrons. The molecular formula is C26H38N4O5. The molecule has 0 amide bonds. The summed E-state index contributed by atoms with van der Waals surface area (Å²) >= 11 is 0. The number of nitrogens with zero attached hydrogens (tertiary/aromatic N) is 1. The Hall–Kier alpha value is -3.07. The third-order valence-corrected chi connectivity index (χ3v) is 6.75. The van der Waals surface area contributed by atoms with E-state index < -0.39 is 11.9 Å². The summed E-state index contributed by atoms with van der Waals surface area (Å²) in [5.74, 6) is -0.587. The van der Waals surface area contributed by atoms with E-state index in [0.29, 0.717) is 11.9 Å². The van der Waals surface area contributed by atoms with E-state index in [0.717, 1.165) is 49.0 Å². The predicted octanol–water partition coefficient (Wildman–Crippen LogP) is 5.30. The first-order chi connectivity index (χ1) is 16.6. The van der Waals surface area contributed by atoms with Gasteiger partial charge in [-0.05, 0) is 61.6 Å². The van der Waals surface area contributed by atoms with Gasteiger partial charge in [0.2, 0.25) is 5.95 Å². The number of anilines is 3. The van der Waals surface area contributed by atoms with Crippen molar-refractivity contribution in [2.75, 3.05) is 24.9 Å². The molecule has 192 valence electrons. The van der Waals surface area contributed by atoms with Crippen LogP contribution >= 0.6 is 0 Å². The van der Waals surface area contributed by atoms with E-state index in [9.17, 15) is 14.7 Å². The van der Waals surface area contributed by atoms with Crippen LogP contribution < -0.4 is 10.6 Å². The van der Waals surface area contributed by atoms with Crippen LogP contribution in [0.25, 0.3) is 0 Å². The molecule has 1 aliphatic carbocycles. The third-order valence-electron chi connectivity index (χ3n) is 6.75. The zero-order valence-electron chi connectivity index (χ0n) is 21.3. The maximum absolute atomic E-state index is 11.9. The first-order valence-corrected chi connectivity index (χ1v) is 12.2. The lowest BCUT2D eigenvalue weighted by Crippen LogP contribution is -2.44. The van der Waals surface area contributed by atoms with Gasteiger partial charge >= 0.3 is 11.9 Å². The van der Waals surface area contributed by atoms with Crippen LogP contribution in [0.2, 0.25) is 0 Å². The predicted molar refractivity (Wildman–Crippen MR) is 135 cm³/mol. The Morgan fingerprint density at radius 1 is 1.20 bits per heavy atom. The highest BCUT2D eigenvalue weighted by atomic mass is 16.5. The molecule has 3 rings (SSSR count). The van der Waals surface area contributed by atoms with Crippen LogP contribution in [0.5, 0.6) is 0 Å². The van der Waals surface area contributed by atoms with Gasteiger partial charge in [-0.25, -0.2) is 9.78 Å². The number of hydrogen-bond donors (Lipinski definition) is 4. The van der Waals surface area contributed by atoms with Crippen molar-refractivity contribution in [2.24, 2.45) is 5.92 Å². The molecule has 0 saturated heterocycles. The molecular weight excluding hydrogens is 448 g/mol. The molecule has 1 saturated carbocycles. The van der Waals surface area contributed by atoms with E-state index in [1.54, 1.807) is 7.11 Å². The minimum Gasteiger partial charge on any atom is -0.481 e. The second kappa shape index (κ2) is 11.6. The Labute approximate surface area is 207 Å². The van der Waals surface area contributed by atoms with Crippen LogP contribution in [0, 0.1) is 5.92 Å². The fourth-order valence-electron chi connectivity index (χ4n) is 5.01. The molecule has 1 atom stereocenters.